The molecule has 0 amide bonds. The molecule has 2 N–H and O–H groups in total. The number of phenolic OH excluding ortho intramolecular Hbond substituents is 1. The third-order valence-corrected chi connectivity index (χ3v) is 7.33. The Bertz CT molecular complexity index is 1210. The Morgan fingerprint density at radius 3 is 1.93 bits per heavy atom. The van der Waals surface area contributed by atoms with Crippen LogP contribution in [0.3, 0.4) is 0 Å². The molecular formula is C19H11Br4NaO5S. The number of carbonyl (C=O) groups is 1. The van der Waals surface area contributed by atoms with Crippen molar-refractivity contribution in [2.75, 3.05) is 0 Å². The molecule has 0 spiro atoms. The number of halogens is 4. The first-order valence-corrected chi connectivity index (χ1v) is 12.4. The summed E-state index contributed by atoms with van der Waals surface area (Å²) < 4.78 is 35.1. The van der Waals surface area contributed by atoms with Crippen LogP contribution in [0.5, 0.6) is 5.75 Å². The number of carbonyl (C=O) groups excluding carboxylic acids is 1. The van der Waals surface area contributed by atoms with E-state index in [-0.39, 0.29) is 61.9 Å². The summed E-state index contributed by atoms with van der Waals surface area (Å²) in [5, 5.41) is 10.1. The fourth-order valence-corrected chi connectivity index (χ4v) is 5.86. The molecule has 30 heavy (non-hydrogen) atoms. The molecule has 152 valence electrons. The van der Waals surface area contributed by atoms with Crippen molar-refractivity contribution < 1.29 is 53.9 Å². The minimum absolute atomic E-state index is 0. The molecule has 0 heterocycles. The summed E-state index contributed by atoms with van der Waals surface area (Å²) in [7, 11) is -4.53. The van der Waals surface area contributed by atoms with Gasteiger partial charge in [0, 0.05) is 5.56 Å². The van der Waals surface area contributed by atoms with Crippen molar-refractivity contribution in [2.45, 2.75) is 4.90 Å². The van der Waals surface area contributed by atoms with Gasteiger partial charge in [0.15, 0.2) is 0 Å². The molecule has 0 bridgehead atoms. The molecule has 2 aromatic carbocycles. The molecule has 2 aromatic rings. The Morgan fingerprint density at radius 1 is 0.933 bits per heavy atom. The van der Waals surface area contributed by atoms with Gasteiger partial charge in [-0.05, 0) is 111 Å². The number of aromatic hydroxyl groups is 1. The average molecular weight is 694 g/mol. The number of rotatable bonds is 3. The first kappa shape index (κ1) is 26.2. The minimum Gasteiger partial charge on any atom is -1.00 e. The largest absolute Gasteiger partial charge is 1.00 e. The van der Waals surface area contributed by atoms with Crippen molar-refractivity contribution in [3.8, 4) is 5.75 Å². The van der Waals surface area contributed by atoms with E-state index in [1.807, 2.05) is 0 Å². The van der Waals surface area contributed by atoms with Crippen molar-refractivity contribution in [1.82, 2.24) is 0 Å². The van der Waals surface area contributed by atoms with Crippen LogP contribution in [0.4, 0.5) is 0 Å². The molecule has 0 radical (unpaired) electrons. The van der Waals surface area contributed by atoms with Crippen LogP contribution in [-0.2, 0) is 14.9 Å². The van der Waals surface area contributed by atoms with Gasteiger partial charge < -0.3 is 6.53 Å². The van der Waals surface area contributed by atoms with Crippen LogP contribution in [0.2, 0.25) is 0 Å². The number of Topliss-reactive ketones (excluding diaryl/α,β-unsaturated/α-hetero) is 1. The van der Waals surface area contributed by atoms with Crippen molar-refractivity contribution in [3.05, 3.63) is 83.2 Å². The quantitative estimate of drug-likeness (QED) is 0.381. The maximum Gasteiger partial charge on any atom is 1.00 e. The molecule has 3 rings (SSSR count). The normalized spacial score (nSPS) is 14.0. The summed E-state index contributed by atoms with van der Waals surface area (Å²) in [6.45, 7) is 0. The first-order chi connectivity index (χ1) is 13.5. The molecule has 5 nitrogen and oxygen atoms in total. The number of allylic oxidation sites excluding steroid dienone is 5. The summed E-state index contributed by atoms with van der Waals surface area (Å²) in [6, 6.07) is 9.22. The topological polar surface area (TPSA) is 91.7 Å². The van der Waals surface area contributed by atoms with Gasteiger partial charge in [0.05, 0.1) is 17.9 Å². The van der Waals surface area contributed by atoms with Gasteiger partial charge in [-0.1, -0.05) is 18.2 Å². The summed E-state index contributed by atoms with van der Waals surface area (Å²) in [6.07, 6.45) is 3.13. The maximum absolute atomic E-state index is 12.1. The second-order valence-electron chi connectivity index (χ2n) is 5.90. The predicted octanol–water partition coefficient (Wildman–Crippen LogP) is 3.22. The zero-order valence-corrected chi connectivity index (χ0v) is 24.3. The fourth-order valence-electron chi connectivity index (χ4n) is 2.79. The van der Waals surface area contributed by atoms with E-state index in [4.69, 9.17) is 0 Å². The smallest absolute Gasteiger partial charge is 1.00 e. The minimum atomic E-state index is -4.53. The maximum atomic E-state index is 12.1. The Labute approximate surface area is 230 Å². The van der Waals surface area contributed by atoms with Crippen molar-refractivity contribution >= 4 is 85.2 Å². The molecular weight excluding hydrogens is 683 g/mol. The Kier molecular flexibility index (Phi) is 8.97. The fraction of sp³-hybridized carbons (Fsp3) is 0. The standard InChI is InChI=1S/C19H10Br4O5S.Na.H/c20-12-5-9(6-13(21)18(12)24)17(10-7-14(22)19(25)15(23)8-10)11-3-1-2-4-16(11)29(26,27)28;;/h1-8,24H,(H,26,27,28);;/q;+1;-1. The molecule has 0 unspecified atom stereocenters. The first-order valence-electron chi connectivity index (χ1n) is 7.79. The van der Waals surface area contributed by atoms with Crippen molar-refractivity contribution in [2.24, 2.45) is 0 Å². The van der Waals surface area contributed by atoms with Gasteiger partial charge >= 0.3 is 29.6 Å². The second-order valence-corrected chi connectivity index (χ2v) is 10.7. The monoisotopic (exact) mass is 690 g/mol. The summed E-state index contributed by atoms with van der Waals surface area (Å²) >= 11 is 13.0. The van der Waals surface area contributed by atoms with Gasteiger partial charge in [-0.3, -0.25) is 9.35 Å². The third kappa shape index (κ3) is 5.47. The number of phenols is 1. The van der Waals surface area contributed by atoms with Crippen LogP contribution in [0.15, 0.2) is 76.9 Å². The molecule has 1 aliphatic rings. The zero-order valence-electron chi connectivity index (χ0n) is 16.2. The SMILES string of the molecule is O=C1C(Br)=CC(=C(c2cc(Br)c(O)c(Br)c2)c2ccccc2S(=O)(=O)O)C=C1Br.[H-].[Na+]. The molecule has 1 aliphatic carbocycles. The summed E-state index contributed by atoms with van der Waals surface area (Å²) in [5.74, 6) is -0.280. The Hall–Kier alpha value is -0.0400. The molecule has 0 fully saturated rings. The van der Waals surface area contributed by atoms with E-state index in [2.05, 4.69) is 63.7 Å². The number of hydrogen-bond acceptors (Lipinski definition) is 4. The Balaban J connectivity index is 0.00000240. The average Bonchev–Trinajstić information content (AvgIpc) is 2.64. The van der Waals surface area contributed by atoms with Crippen LogP contribution < -0.4 is 29.6 Å². The van der Waals surface area contributed by atoms with E-state index in [0.29, 0.717) is 25.7 Å². The summed E-state index contributed by atoms with van der Waals surface area (Å²) in [4.78, 5) is 11.8. The predicted molar refractivity (Wildman–Crippen MR) is 126 cm³/mol. The van der Waals surface area contributed by atoms with Crippen LogP contribution in [-0.4, -0.2) is 23.9 Å². The molecule has 0 atom stereocenters. The van der Waals surface area contributed by atoms with Crippen LogP contribution in [0.25, 0.3) is 5.57 Å². The van der Waals surface area contributed by atoms with E-state index in [0.717, 1.165) is 0 Å². The van der Waals surface area contributed by atoms with Crippen LogP contribution >= 0.6 is 63.7 Å². The van der Waals surface area contributed by atoms with Crippen LogP contribution in [0, 0.1) is 0 Å². The molecule has 11 heteroatoms. The van der Waals surface area contributed by atoms with E-state index >= 15 is 0 Å². The van der Waals surface area contributed by atoms with Gasteiger partial charge in [0.25, 0.3) is 10.1 Å². The van der Waals surface area contributed by atoms with E-state index in [1.54, 1.807) is 36.4 Å². The summed E-state index contributed by atoms with van der Waals surface area (Å²) in [5.41, 5.74) is 1.72. The van der Waals surface area contributed by atoms with E-state index in [1.165, 1.54) is 12.1 Å². The number of hydrogen-bond donors (Lipinski definition) is 2. The van der Waals surface area contributed by atoms with E-state index < -0.39 is 10.1 Å². The zero-order chi connectivity index (χ0) is 21.5. The molecule has 0 aromatic heterocycles. The van der Waals surface area contributed by atoms with Crippen molar-refractivity contribution in [1.29, 1.82) is 0 Å². The van der Waals surface area contributed by atoms with Gasteiger partial charge in [0.1, 0.15) is 10.6 Å². The van der Waals surface area contributed by atoms with E-state index in [9.17, 15) is 22.9 Å². The molecule has 0 saturated carbocycles. The van der Waals surface area contributed by atoms with Gasteiger partial charge in [0.2, 0.25) is 5.78 Å². The second kappa shape index (κ2) is 10.3. The Morgan fingerprint density at radius 2 is 1.43 bits per heavy atom. The van der Waals surface area contributed by atoms with Crippen LogP contribution in [0.1, 0.15) is 12.6 Å². The third-order valence-electron chi connectivity index (χ3n) is 4.03. The van der Waals surface area contributed by atoms with Gasteiger partial charge in [-0.15, -0.1) is 0 Å². The van der Waals surface area contributed by atoms with Gasteiger partial charge in [-0.2, -0.15) is 8.42 Å². The molecule has 0 saturated heterocycles. The van der Waals surface area contributed by atoms with Gasteiger partial charge in [-0.25, -0.2) is 0 Å². The number of benzene rings is 2. The van der Waals surface area contributed by atoms with Crippen molar-refractivity contribution in [3.63, 3.8) is 0 Å². The number of ketones is 1. The molecule has 0 aliphatic heterocycles.